The van der Waals surface area contributed by atoms with Crippen LogP contribution in [0.3, 0.4) is 0 Å². The molecular weight excluding hydrogens is 349 g/mol. The minimum Gasteiger partial charge on any atom is -0.436 e. The van der Waals surface area contributed by atoms with Crippen molar-refractivity contribution in [2.75, 3.05) is 0 Å². The van der Waals surface area contributed by atoms with Crippen LogP contribution in [0.1, 0.15) is 27.7 Å². The molecule has 0 bridgehead atoms. The first-order chi connectivity index (χ1) is 13.3. The van der Waals surface area contributed by atoms with Crippen molar-refractivity contribution in [3.63, 3.8) is 0 Å². The van der Waals surface area contributed by atoms with E-state index in [1.165, 1.54) is 0 Å². The molecule has 0 atom stereocenters. The largest absolute Gasteiger partial charge is 0.494 e. The summed E-state index contributed by atoms with van der Waals surface area (Å²) in [5.41, 5.74) is 2.91. The van der Waals surface area contributed by atoms with E-state index >= 15 is 0 Å². The van der Waals surface area contributed by atoms with Gasteiger partial charge in [-0.25, -0.2) is 4.98 Å². The van der Waals surface area contributed by atoms with E-state index in [0.717, 1.165) is 32.9 Å². The van der Waals surface area contributed by atoms with Gasteiger partial charge in [-0.05, 0) is 56.7 Å². The van der Waals surface area contributed by atoms with Gasteiger partial charge in [0, 0.05) is 10.9 Å². The lowest BCUT2D eigenvalue weighted by molar-refractivity contribution is 0.00578. The van der Waals surface area contributed by atoms with Crippen LogP contribution in [0.4, 0.5) is 0 Å². The average molecular weight is 371 g/mol. The molecule has 28 heavy (non-hydrogen) atoms. The summed E-state index contributed by atoms with van der Waals surface area (Å²) in [7, 11) is -0.369. The fourth-order valence-electron chi connectivity index (χ4n) is 3.55. The van der Waals surface area contributed by atoms with E-state index in [2.05, 4.69) is 45.9 Å². The van der Waals surface area contributed by atoms with Gasteiger partial charge in [-0.15, -0.1) is 0 Å². The molecule has 0 unspecified atom stereocenters. The fourth-order valence-corrected chi connectivity index (χ4v) is 3.55. The maximum absolute atomic E-state index is 6.13. The molecular formula is C23H22BNO3. The molecule has 0 radical (unpaired) electrons. The van der Waals surface area contributed by atoms with E-state index in [0.29, 0.717) is 5.89 Å². The SMILES string of the molecule is CC1(C)OB(c2ccc(-c3nc4c(ccc5ccccc54)o3)cc2)OC1(C)C. The van der Waals surface area contributed by atoms with Gasteiger partial charge in [0.25, 0.3) is 0 Å². The Balaban J connectivity index is 1.49. The molecule has 3 aromatic carbocycles. The predicted molar refractivity (Wildman–Crippen MR) is 113 cm³/mol. The van der Waals surface area contributed by atoms with Gasteiger partial charge in [0.1, 0.15) is 5.52 Å². The smallest absolute Gasteiger partial charge is 0.436 e. The number of hydrogen-bond donors (Lipinski definition) is 0. The molecule has 140 valence electrons. The number of benzene rings is 3. The molecule has 0 N–H and O–H groups in total. The van der Waals surface area contributed by atoms with Crippen molar-refractivity contribution >= 4 is 34.5 Å². The van der Waals surface area contributed by atoms with E-state index in [1.54, 1.807) is 0 Å². The molecule has 1 saturated heterocycles. The van der Waals surface area contributed by atoms with Gasteiger partial charge in [0.05, 0.1) is 11.2 Å². The number of nitrogens with zero attached hydrogens (tertiary/aromatic N) is 1. The van der Waals surface area contributed by atoms with E-state index in [9.17, 15) is 0 Å². The van der Waals surface area contributed by atoms with Crippen molar-refractivity contribution in [3.05, 3.63) is 60.7 Å². The molecule has 0 amide bonds. The van der Waals surface area contributed by atoms with Gasteiger partial charge in [-0.3, -0.25) is 0 Å². The Kier molecular flexibility index (Phi) is 3.70. The first-order valence-electron chi connectivity index (χ1n) is 9.58. The summed E-state index contributed by atoms with van der Waals surface area (Å²) in [5, 5.41) is 2.26. The Bertz CT molecular complexity index is 1160. The number of aromatic nitrogens is 1. The van der Waals surface area contributed by atoms with E-state index < -0.39 is 0 Å². The van der Waals surface area contributed by atoms with Crippen LogP contribution < -0.4 is 5.46 Å². The Labute approximate surface area is 164 Å². The van der Waals surface area contributed by atoms with Crippen molar-refractivity contribution in [3.8, 4) is 11.5 Å². The van der Waals surface area contributed by atoms with Crippen LogP contribution in [-0.4, -0.2) is 23.3 Å². The monoisotopic (exact) mass is 371 g/mol. The van der Waals surface area contributed by atoms with Crippen molar-refractivity contribution in [1.29, 1.82) is 0 Å². The third kappa shape index (κ3) is 2.66. The van der Waals surface area contributed by atoms with E-state index in [1.807, 2.05) is 42.5 Å². The molecule has 2 heterocycles. The van der Waals surface area contributed by atoms with Crippen molar-refractivity contribution < 1.29 is 13.7 Å². The Hall–Kier alpha value is -2.63. The normalized spacial score (nSPS) is 18.2. The van der Waals surface area contributed by atoms with Crippen LogP contribution in [0.15, 0.2) is 65.1 Å². The van der Waals surface area contributed by atoms with Crippen LogP contribution in [0.25, 0.3) is 33.3 Å². The van der Waals surface area contributed by atoms with Gasteiger partial charge in [-0.2, -0.15) is 0 Å². The summed E-state index contributed by atoms with van der Waals surface area (Å²) in [6.07, 6.45) is 0. The Morgan fingerprint density at radius 1 is 0.786 bits per heavy atom. The van der Waals surface area contributed by atoms with E-state index in [-0.39, 0.29) is 18.3 Å². The number of oxazole rings is 1. The van der Waals surface area contributed by atoms with Crippen molar-refractivity contribution in [2.24, 2.45) is 0 Å². The molecule has 1 aliphatic rings. The van der Waals surface area contributed by atoms with Gasteiger partial charge >= 0.3 is 7.12 Å². The lowest BCUT2D eigenvalue weighted by Crippen LogP contribution is -2.41. The zero-order valence-corrected chi connectivity index (χ0v) is 16.5. The summed E-state index contributed by atoms with van der Waals surface area (Å²) >= 11 is 0. The molecule has 5 rings (SSSR count). The van der Waals surface area contributed by atoms with Crippen LogP contribution >= 0.6 is 0 Å². The lowest BCUT2D eigenvalue weighted by Gasteiger charge is -2.32. The summed E-state index contributed by atoms with van der Waals surface area (Å²) < 4.78 is 18.3. The quantitative estimate of drug-likeness (QED) is 0.468. The molecule has 1 fully saturated rings. The highest BCUT2D eigenvalue weighted by atomic mass is 16.7. The Morgan fingerprint density at radius 3 is 2.18 bits per heavy atom. The molecule has 4 aromatic rings. The highest BCUT2D eigenvalue weighted by molar-refractivity contribution is 6.62. The molecule has 0 aliphatic carbocycles. The molecule has 0 spiro atoms. The van der Waals surface area contributed by atoms with Gasteiger partial charge in [-0.1, -0.05) is 42.5 Å². The molecule has 4 nitrogen and oxygen atoms in total. The third-order valence-corrected chi connectivity index (χ3v) is 5.97. The third-order valence-electron chi connectivity index (χ3n) is 5.97. The number of fused-ring (bicyclic) bond motifs is 3. The minimum atomic E-state index is -0.369. The van der Waals surface area contributed by atoms with Crippen LogP contribution in [0.5, 0.6) is 0 Å². The second-order valence-electron chi connectivity index (χ2n) is 8.36. The molecule has 1 aromatic heterocycles. The predicted octanol–water partition coefficient (Wildman–Crippen LogP) is 4.95. The van der Waals surface area contributed by atoms with Crippen LogP contribution in [0.2, 0.25) is 0 Å². The zero-order chi connectivity index (χ0) is 19.5. The summed E-state index contributed by atoms with van der Waals surface area (Å²) in [5.74, 6) is 0.617. The number of hydrogen-bond acceptors (Lipinski definition) is 4. The highest BCUT2D eigenvalue weighted by Gasteiger charge is 2.51. The van der Waals surface area contributed by atoms with Gasteiger partial charge < -0.3 is 13.7 Å². The van der Waals surface area contributed by atoms with Crippen molar-refractivity contribution in [2.45, 2.75) is 38.9 Å². The van der Waals surface area contributed by atoms with Crippen LogP contribution in [0, 0.1) is 0 Å². The summed E-state index contributed by atoms with van der Waals surface area (Å²) in [4.78, 5) is 4.76. The van der Waals surface area contributed by atoms with Gasteiger partial charge in [0.15, 0.2) is 5.58 Å². The van der Waals surface area contributed by atoms with Crippen LogP contribution in [-0.2, 0) is 9.31 Å². The summed E-state index contributed by atoms with van der Waals surface area (Å²) in [6.45, 7) is 8.24. The number of rotatable bonds is 2. The summed E-state index contributed by atoms with van der Waals surface area (Å²) in [6, 6.07) is 20.3. The molecule has 5 heteroatoms. The lowest BCUT2D eigenvalue weighted by atomic mass is 9.79. The zero-order valence-electron chi connectivity index (χ0n) is 16.5. The first-order valence-corrected chi connectivity index (χ1v) is 9.58. The average Bonchev–Trinajstić information content (AvgIpc) is 3.20. The second-order valence-corrected chi connectivity index (χ2v) is 8.36. The molecule has 0 saturated carbocycles. The fraction of sp³-hybridized carbons (Fsp3) is 0.261. The minimum absolute atomic E-state index is 0.350. The van der Waals surface area contributed by atoms with E-state index in [4.69, 9.17) is 18.7 Å². The highest BCUT2D eigenvalue weighted by Crippen LogP contribution is 2.36. The van der Waals surface area contributed by atoms with Crippen molar-refractivity contribution in [1.82, 2.24) is 4.98 Å². The Morgan fingerprint density at radius 2 is 1.46 bits per heavy atom. The standard InChI is InChI=1S/C23H22BNO3/c1-22(2)23(3,4)28-24(27-22)17-12-9-16(10-13-17)21-25-20-18-8-6-5-7-15(18)11-14-19(20)26-21/h5-14H,1-4H3. The second kappa shape index (κ2) is 5.93. The van der Waals surface area contributed by atoms with Gasteiger partial charge in [0.2, 0.25) is 5.89 Å². The molecule has 1 aliphatic heterocycles. The topological polar surface area (TPSA) is 44.5 Å². The maximum Gasteiger partial charge on any atom is 0.494 e. The maximum atomic E-state index is 6.13. The first kappa shape index (κ1) is 17.5.